The third-order valence-corrected chi connectivity index (χ3v) is 4.54. The van der Waals surface area contributed by atoms with Crippen LogP contribution in [-0.4, -0.2) is 53.8 Å². The molecule has 31 heavy (non-hydrogen) atoms. The number of hydrogen-bond donors (Lipinski definition) is 2. The molecule has 0 bridgehead atoms. The molecule has 1 saturated heterocycles. The Morgan fingerprint density at radius 3 is 2.48 bits per heavy atom. The zero-order chi connectivity index (χ0) is 22.8. The van der Waals surface area contributed by atoms with Crippen molar-refractivity contribution >= 4 is 17.8 Å². The summed E-state index contributed by atoms with van der Waals surface area (Å²) >= 11 is 0. The number of urea groups is 1. The quantitative estimate of drug-likeness (QED) is 0.666. The molecular formula is C19H17F3N4O5. The van der Waals surface area contributed by atoms with E-state index in [2.05, 4.69) is 4.98 Å². The van der Waals surface area contributed by atoms with Gasteiger partial charge in [0.1, 0.15) is 0 Å². The van der Waals surface area contributed by atoms with Gasteiger partial charge >= 0.3 is 12.2 Å². The van der Waals surface area contributed by atoms with Crippen molar-refractivity contribution in [1.29, 1.82) is 0 Å². The number of imide groups is 1. The van der Waals surface area contributed by atoms with Crippen molar-refractivity contribution in [2.45, 2.75) is 18.4 Å². The summed E-state index contributed by atoms with van der Waals surface area (Å²) in [5.74, 6) is -2.58. The number of amides is 4. The zero-order valence-corrected chi connectivity index (χ0v) is 16.3. The number of carbonyl (C=O) groups is 3. The van der Waals surface area contributed by atoms with Gasteiger partial charge < -0.3 is 14.8 Å². The molecule has 164 valence electrons. The number of ether oxygens (including phenoxy) is 2. The predicted octanol–water partition coefficient (Wildman–Crippen LogP) is 1.84. The molecule has 2 aromatic rings. The van der Waals surface area contributed by atoms with Crippen molar-refractivity contribution < 1.29 is 37.0 Å². The van der Waals surface area contributed by atoms with E-state index in [0.29, 0.717) is 10.5 Å². The van der Waals surface area contributed by atoms with Gasteiger partial charge in [-0.15, -0.1) is 0 Å². The maximum atomic E-state index is 14.0. The summed E-state index contributed by atoms with van der Waals surface area (Å²) in [7, 11) is 2.63. The largest absolute Gasteiger partial charge is 0.493 e. The Labute approximate surface area is 174 Å². The molecule has 9 nitrogen and oxygen atoms in total. The van der Waals surface area contributed by atoms with Crippen molar-refractivity contribution in [1.82, 2.24) is 20.5 Å². The summed E-state index contributed by atoms with van der Waals surface area (Å²) in [6.45, 7) is -0.456. The van der Waals surface area contributed by atoms with E-state index in [1.54, 1.807) is 10.6 Å². The highest BCUT2D eigenvalue weighted by Gasteiger charge is 2.68. The van der Waals surface area contributed by atoms with Crippen LogP contribution in [0.25, 0.3) is 0 Å². The lowest BCUT2D eigenvalue weighted by atomic mass is 10.1. The fraction of sp³-hybridized carbons (Fsp3) is 0.263. The molecule has 0 radical (unpaired) electrons. The Morgan fingerprint density at radius 2 is 1.90 bits per heavy atom. The maximum absolute atomic E-state index is 14.0. The van der Waals surface area contributed by atoms with Gasteiger partial charge in [0.25, 0.3) is 17.5 Å². The molecule has 0 saturated carbocycles. The minimum Gasteiger partial charge on any atom is -0.493 e. The van der Waals surface area contributed by atoms with Crippen molar-refractivity contribution in [3.8, 4) is 11.5 Å². The van der Waals surface area contributed by atoms with Crippen LogP contribution in [0.1, 0.15) is 15.9 Å². The lowest BCUT2D eigenvalue weighted by Gasteiger charge is -2.30. The van der Waals surface area contributed by atoms with E-state index in [4.69, 9.17) is 9.47 Å². The number of benzene rings is 1. The van der Waals surface area contributed by atoms with Crippen LogP contribution in [0.15, 0.2) is 42.7 Å². The third kappa shape index (κ3) is 3.96. The smallest absolute Gasteiger partial charge is 0.440 e. The summed E-state index contributed by atoms with van der Waals surface area (Å²) in [6, 6.07) is 5.34. The molecule has 2 heterocycles. The fourth-order valence-corrected chi connectivity index (χ4v) is 2.96. The lowest BCUT2D eigenvalue weighted by Crippen LogP contribution is -2.69. The molecule has 0 aliphatic carbocycles. The van der Waals surface area contributed by atoms with Gasteiger partial charge in [0.05, 0.1) is 20.8 Å². The van der Waals surface area contributed by atoms with Gasteiger partial charge in [0, 0.05) is 18.0 Å². The monoisotopic (exact) mass is 438 g/mol. The second-order valence-corrected chi connectivity index (χ2v) is 6.45. The van der Waals surface area contributed by atoms with Crippen LogP contribution in [0.2, 0.25) is 0 Å². The van der Waals surface area contributed by atoms with Crippen molar-refractivity contribution in [3.05, 3.63) is 53.9 Å². The number of aromatic nitrogens is 1. The Kier molecular flexibility index (Phi) is 5.73. The molecule has 0 spiro atoms. The number of hydrogen-bond acceptors (Lipinski definition) is 6. The molecule has 1 fully saturated rings. The first-order valence-corrected chi connectivity index (χ1v) is 8.77. The number of alkyl halides is 3. The van der Waals surface area contributed by atoms with Gasteiger partial charge in [0.2, 0.25) is 0 Å². The van der Waals surface area contributed by atoms with Gasteiger partial charge in [-0.25, -0.2) is 4.79 Å². The van der Waals surface area contributed by atoms with Gasteiger partial charge in [-0.2, -0.15) is 13.2 Å². The molecule has 0 unspecified atom stereocenters. The second-order valence-electron chi connectivity index (χ2n) is 6.45. The SMILES string of the molecule is COc1ccc(C(=O)N[C@]2(C(F)(F)F)NC(=O)N(Cc3cccnc3)C2=O)cc1OC. The number of rotatable bonds is 6. The number of pyridine rings is 1. The Bertz CT molecular complexity index is 1020. The summed E-state index contributed by atoms with van der Waals surface area (Å²) < 4.78 is 51.9. The summed E-state index contributed by atoms with van der Waals surface area (Å²) in [6.07, 6.45) is -2.59. The minimum absolute atomic E-state index is 0.0937. The minimum atomic E-state index is -5.32. The van der Waals surface area contributed by atoms with E-state index in [-0.39, 0.29) is 17.1 Å². The molecule has 3 rings (SSSR count). The van der Waals surface area contributed by atoms with E-state index in [9.17, 15) is 27.6 Å². The van der Waals surface area contributed by atoms with E-state index in [0.717, 1.165) is 6.07 Å². The molecule has 1 aromatic carbocycles. The van der Waals surface area contributed by atoms with Crippen molar-refractivity contribution in [3.63, 3.8) is 0 Å². The Balaban J connectivity index is 1.92. The van der Waals surface area contributed by atoms with E-state index in [1.165, 1.54) is 50.9 Å². The highest BCUT2D eigenvalue weighted by atomic mass is 19.4. The van der Waals surface area contributed by atoms with Gasteiger partial charge in [-0.3, -0.25) is 24.8 Å². The van der Waals surface area contributed by atoms with Gasteiger partial charge in [0.15, 0.2) is 11.5 Å². The van der Waals surface area contributed by atoms with E-state index >= 15 is 0 Å². The van der Waals surface area contributed by atoms with Gasteiger partial charge in [-0.1, -0.05) is 6.07 Å². The second kappa shape index (κ2) is 8.13. The Morgan fingerprint density at radius 1 is 1.19 bits per heavy atom. The number of halogens is 3. The molecule has 4 amide bonds. The predicted molar refractivity (Wildman–Crippen MR) is 99.1 cm³/mol. The van der Waals surface area contributed by atoms with Crippen LogP contribution in [0.5, 0.6) is 11.5 Å². The van der Waals surface area contributed by atoms with Gasteiger partial charge in [-0.05, 0) is 29.8 Å². The number of nitrogens with zero attached hydrogens (tertiary/aromatic N) is 2. The first-order valence-electron chi connectivity index (χ1n) is 8.77. The van der Waals surface area contributed by atoms with E-state index in [1.807, 2.05) is 0 Å². The third-order valence-electron chi connectivity index (χ3n) is 4.54. The first kappa shape index (κ1) is 21.9. The van der Waals surface area contributed by atoms with Crippen LogP contribution >= 0.6 is 0 Å². The number of carbonyl (C=O) groups excluding carboxylic acids is 3. The average Bonchev–Trinajstić information content (AvgIpc) is 2.98. The summed E-state index contributed by atoms with van der Waals surface area (Å²) in [5.41, 5.74) is -3.54. The zero-order valence-electron chi connectivity index (χ0n) is 16.3. The Hall–Kier alpha value is -3.83. The number of methoxy groups -OCH3 is 2. The van der Waals surface area contributed by atoms with Crippen molar-refractivity contribution in [2.75, 3.05) is 14.2 Å². The first-order chi connectivity index (χ1) is 14.6. The van der Waals surface area contributed by atoms with Crippen LogP contribution in [0.4, 0.5) is 18.0 Å². The standard InChI is InChI=1S/C19H17F3N4O5/c1-30-13-6-5-12(8-14(13)31-2)15(27)24-18(19(20,21)22)16(28)26(17(29)25-18)10-11-4-3-7-23-9-11/h3-9H,10H2,1-2H3,(H,24,27)(H,25,29)/t18-/m0/s1. The highest BCUT2D eigenvalue weighted by Crippen LogP contribution is 2.35. The molecule has 1 aliphatic rings. The molecule has 1 aliphatic heterocycles. The summed E-state index contributed by atoms with van der Waals surface area (Å²) in [4.78, 5) is 41.7. The van der Waals surface area contributed by atoms with E-state index < -0.39 is 36.2 Å². The molecular weight excluding hydrogens is 421 g/mol. The van der Waals surface area contributed by atoms with Crippen LogP contribution in [0, 0.1) is 0 Å². The molecule has 1 aromatic heterocycles. The molecule has 1 atom stereocenters. The highest BCUT2D eigenvalue weighted by molar-refractivity contribution is 6.10. The van der Waals surface area contributed by atoms with Crippen molar-refractivity contribution in [2.24, 2.45) is 0 Å². The fourth-order valence-electron chi connectivity index (χ4n) is 2.96. The topological polar surface area (TPSA) is 110 Å². The van der Waals surface area contributed by atoms with Crippen LogP contribution < -0.4 is 20.1 Å². The van der Waals surface area contributed by atoms with Crippen LogP contribution in [-0.2, 0) is 11.3 Å². The average molecular weight is 438 g/mol. The maximum Gasteiger partial charge on any atom is 0.440 e. The van der Waals surface area contributed by atoms with Crippen LogP contribution in [0.3, 0.4) is 0 Å². The molecule has 2 N–H and O–H groups in total. The summed E-state index contributed by atoms with van der Waals surface area (Å²) in [5, 5.41) is 3.22. The molecule has 12 heteroatoms. The normalized spacial score (nSPS) is 18.5. The number of nitrogens with one attached hydrogen (secondary N) is 2. The lowest BCUT2D eigenvalue weighted by molar-refractivity contribution is -0.200.